The molecule has 0 radical (unpaired) electrons. The van der Waals surface area contributed by atoms with Crippen LogP contribution in [-0.2, 0) is 41.5 Å². The first-order chi connectivity index (χ1) is 19.8. The van der Waals surface area contributed by atoms with Gasteiger partial charge in [0.15, 0.2) is 0 Å². The van der Waals surface area contributed by atoms with Gasteiger partial charge in [0.2, 0.25) is 0 Å². The van der Waals surface area contributed by atoms with Crippen molar-refractivity contribution >= 4 is 48.4 Å². The molecule has 0 unspecified atom stereocenters. The minimum Gasteiger partial charge on any atom is -0.214 e. The molecule has 0 heterocycles. The Labute approximate surface area is 319 Å². The second-order valence-corrected chi connectivity index (χ2v) is 16.4. The average molecular weight is 923 g/mol. The first-order valence-corrected chi connectivity index (χ1v) is 17.7. The monoisotopic (exact) mass is 920 g/mol. The Morgan fingerprint density at radius 2 is 1.20 bits per heavy atom. The molecule has 0 aliphatic heterocycles. The summed E-state index contributed by atoms with van der Waals surface area (Å²) in [5, 5.41) is 0. The Bertz CT molecular complexity index is 1530. The van der Waals surface area contributed by atoms with Crippen LogP contribution in [0.25, 0.3) is 11.1 Å². The van der Waals surface area contributed by atoms with E-state index in [2.05, 4.69) is 172 Å². The van der Waals surface area contributed by atoms with Crippen LogP contribution in [0.5, 0.6) is 0 Å². The molecule has 0 spiro atoms. The van der Waals surface area contributed by atoms with Crippen LogP contribution < -0.4 is 24.8 Å². The van der Waals surface area contributed by atoms with Gasteiger partial charge >= 0.3 is 139 Å². The van der Waals surface area contributed by atoms with E-state index in [0.717, 1.165) is 6.42 Å². The molecule has 0 aromatic heterocycles. The Kier molecular flexibility index (Phi) is 15.4. The first kappa shape index (κ1) is 39.2. The van der Waals surface area contributed by atoms with Gasteiger partial charge in [0.25, 0.3) is 0 Å². The second-order valence-electron chi connectivity index (χ2n) is 12.7. The zero-order valence-corrected chi connectivity index (χ0v) is 34.4. The van der Waals surface area contributed by atoms with Crippen LogP contribution in [0.2, 0.25) is 0 Å². The second kappa shape index (κ2) is 17.3. The molecule has 5 aromatic rings. The normalized spacial score (nSPS) is 11.3. The largest absolute Gasteiger partial charge is 0.214 e. The molecule has 0 amide bonds. The zero-order valence-electron chi connectivity index (χ0n) is 26.1. The van der Waals surface area contributed by atoms with Gasteiger partial charge in [-0.3, -0.25) is 0 Å². The molecule has 0 fully saturated rings. The predicted octanol–water partition coefficient (Wildman–Crippen LogP) is 5.08. The van der Waals surface area contributed by atoms with Crippen LogP contribution in [0.3, 0.4) is 0 Å². The minimum atomic E-state index is 0. The van der Waals surface area contributed by atoms with E-state index in [1.807, 2.05) is 30.3 Å². The molecule has 1 aliphatic rings. The molecule has 6 rings (SSSR count). The summed E-state index contributed by atoms with van der Waals surface area (Å²) in [6, 6.07) is 42.4. The van der Waals surface area contributed by atoms with E-state index in [1.165, 1.54) is 79.1 Å². The fraction of sp³-hybridized carbons (Fsp3) is 0.231. The summed E-state index contributed by atoms with van der Waals surface area (Å²) in [6.07, 6.45) is 1.03. The van der Waals surface area contributed by atoms with Crippen LogP contribution in [0.1, 0.15) is 74.9 Å². The molecule has 0 bridgehead atoms. The van der Waals surface area contributed by atoms with Crippen LogP contribution in [0.4, 0.5) is 0 Å². The van der Waals surface area contributed by atoms with Crippen molar-refractivity contribution in [1.82, 2.24) is 0 Å². The number of fused-ring (bicyclic) bond motifs is 3. The number of benzene rings is 4. The van der Waals surface area contributed by atoms with Crippen LogP contribution in [-0.4, -0.2) is 3.21 Å². The van der Waals surface area contributed by atoms with Gasteiger partial charge in [-0.1, -0.05) is 76.3 Å². The van der Waals surface area contributed by atoms with E-state index in [4.69, 9.17) is 0 Å². The minimum absolute atomic E-state index is 0. The molecule has 0 atom stereocenters. The molecule has 0 saturated carbocycles. The van der Waals surface area contributed by atoms with E-state index in [-0.39, 0.29) is 35.6 Å². The van der Waals surface area contributed by atoms with Gasteiger partial charge in [0.1, 0.15) is 0 Å². The number of halogens is 4. The van der Waals surface area contributed by atoms with Crippen molar-refractivity contribution in [3.8, 4) is 11.1 Å². The maximum absolute atomic E-state index is 3.53. The molecule has 0 saturated heterocycles. The summed E-state index contributed by atoms with van der Waals surface area (Å²) in [5.41, 5.74) is 11.4. The quantitative estimate of drug-likeness (QED) is 0.168. The van der Waals surface area contributed by atoms with E-state index in [1.54, 1.807) is 0 Å². The molecule has 228 valence electrons. The molecule has 5 aromatic carbocycles. The van der Waals surface area contributed by atoms with Crippen molar-refractivity contribution in [2.75, 3.05) is 0 Å². The Morgan fingerprint density at radius 3 is 1.66 bits per heavy atom. The Morgan fingerprint density at radius 1 is 0.682 bits per heavy atom. The molecule has 0 nitrogen and oxygen atoms in total. The van der Waals surface area contributed by atoms with E-state index < -0.39 is 0 Å². The van der Waals surface area contributed by atoms with Gasteiger partial charge < -0.3 is 24.8 Å². The fourth-order valence-corrected chi connectivity index (χ4v) is 6.61. The van der Waals surface area contributed by atoms with Crippen LogP contribution >= 0.6 is 45.2 Å². The topological polar surface area (TPSA) is 0 Å². The van der Waals surface area contributed by atoms with Crippen molar-refractivity contribution in [2.24, 2.45) is 0 Å². The third kappa shape index (κ3) is 10.8. The van der Waals surface area contributed by atoms with Crippen molar-refractivity contribution in [1.29, 1.82) is 0 Å². The van der Waals surface area contributed by atoms with Gasteiger partial charge in [-0.2, -0.15) is 47.5 Å². The Balaban J connectivity index is 0.000000260. The third-order valence-corrected chi connectivity index (χ3v) is 10.1. The van der Waals surface area contributed by atoms with E-state index in [9.17, 15) is 0 Å². The van der Waals surface area contributed by atoms with Gasteiger partial charge in [-0.05, 0) is 17.4 Å². The smallest absolute Gasteiger partial charge is 0.172 e. The third-order valence-electron chi connectivity index (χ3n) is 7.31. The number of hydrogen-bond donors (Lipinski definition) is 0. The van der Waals surface area contributed by atoms with Gasteiger partial charge in [0.05, 0.1) is 0 Å². The zero-order chi connectivity index (χ0) is 30.5. The van der Waals surface area contributed by atoms with Crippen molar-refractivity contribution < 1.29 is 49.0 Å². The maximum Gasteiger partial charge on any atom is -0.172 e. The van der Waals surface area contributed by atoms with Gasteiger partial charge in [-0.25, -0.2) is 12.1 Å². The summed E-state index contributed by atoms with van der Waals surface area (Å²) in [6.45, 7) is 13.6. The summed E-state index contributed by atoms with van der Waals surface area (Å²) < 4.78 is 4.01. The molecule has 5 heteroatoms. The SMILES string of the molecule is CC(C)(C)c1c[c-]c2c(c1)-c1cc(C(C)(C)C)ccc1C2.[Cl-].[Cl-].[Zr+2]=[C](c1cccc(I)c1)c1cccc(I)c1.c1cc[cH-]c1. The molecular weight excluding hydrogens is 884 g/mol. The molecular formula is C39H38Cl2I2Zr-2. The van der Waals surface area contributed by atoms with E-state index in [0.29, 0.717) is 0 Å². The average Bonchev–Trinajstić information content (AvgIpc) is 3.63. The number of rotatable bonds is 2. The van der Waals surface area contributed by atoms with Crippen LogP contribution in [0.15, 0.2) is 109 Å². The maximum atomic E-state index is 3.53. The number of hydrogen-bond acceptors (Lipinski definition) is 0. The summed E-state index contributed by atoms with van der Waals surface area (Å²) >= 11 is 6.18. The summed E-state index contributed by atoms with van der Waals surface area (Å²) in [7, 11) is 0. The van der Waals surface area contributed by atoms with E-state index >= 15 is 0 Å². The van der Waals surface area contributed by atoms with Crippen molar-refractivity contribution in [2.45, 2.75) is 58.8 Å². The molecule has 44 heavy (non-hydrogen) atoms. The van der Waals surface area contributed by atoms with Gasteiger partial charge in [-0.15, -0.1) is 5.56 Å². The summed E-state index contributed by atoms with van der Waals surface area (Å²) in [4.78, 5) is 0. The first-order valence-electron chi connectivity index (χ1n) is 14.3. The summed E-state index contributed by atoms with van der Waals surface area (Å²) in [5.74, 6) is 0. The van der Waals surface area contributed by atoms with Crippen molar-refractivity contribution in [3.05, 3.63) is 156 Å². The molecule has 0 N–H and O–H groups in total. The van der Waals surface area contributed by atoms with Crippen molar-refractivity contribution in [3.63, 3.8) is 0 Å². The molecule has 1 aliphatic carbocycles. The fourth-order valence-electron chi connectivity index (χ4n) is 4.76. The van der Waals surface area contributed by atoms with Gasteiger partial charge in [0, 0.05) is 0 Å². The predicted molar refractivity (Wildman–Crippen MR) is 194 cm³/mol. The van der Waals surface area contributed by atoms with Crippen LogP contribution in [0, 0.1) is 13.2 Å². The standard InChI is InChI=1S/C21H25.C13H8I2.C5H5.2ClH.Zr/c1-20(2,3)16-9-7-14-11-15-8-10-17(21(4,5)6)13-19(15)18(14)12-16;14-12-5-1-3-10(8-12)7-11-4-2-6-13(15)9-11;1-2-4-5-3-1;;;/h7,9-10,12-13H,11H2,1-6H3;1-6,8-9H;1-5H;2*1H;/q-1;;-1;;;+2/p-2. The Hall–Kier alpha value is -0.977.